The Balaban J connectivity index is 1.83. The molecule has 0 spiro atoms. The van der Waals surface area contributed by atoms with E-state index in [2.05, 4.69) is 5.10 Å². The lowest BCUT2D eigenvalue weighted by Gasteiger charge is -2.24. The normalized spacial score (nSPS) is 15.4. The number of hydrogen-bond acceptors (Lipinski definition) is 6. The first-order chi connectivity index (χ1) is 14.0. The second-order valence-electron chi connectivity index (χ2n) is 6.97. The van der Waals surface area contributed by atoms with Crippen molar-refractivity contribution >= 4 is 15.8 Å². The van der Waals surface area contributed by atoms with Crippen LogP contribution in [0.3, 0.4) is 0 Å². The highest BCUT2D eigenvalue weighted by atomic mass is 32.2. The van der Waals surface area contributed by atoms with Gasteiger partial charge in [0.25, 0.3) is 10.0 Å². The second kappa shape index (κ2) is 9.60. The molecule has 0 amide bonds. The number of aliphatic hydroxyl groups excluding tert-OH is 1. The molecule has 0 bridgehead atoms. The number of hydrogen-bond donors (Lipinski definition) is 1. The third-order valence-corrected chi connectivity index (χ3v) is 7.02. The summed E-state index contributed by atoms with van der Waals surface area (Å²) >= 11 is 0. The van der Waals surface area contributed by atoms with Gasteiger partial charge >= 0.3 is 0 Å². The lowest BCUT2D eigenvalue weighted by atomic mass is 10.0. The van der Waals surface area contributed by atoms with Crippen molar-refractivity contribution in [1.82, 2.24) is 9.78 Å². The summed E-state index contributed by atoms with van der Waals surface area (Å²) in [5.41, 5.74) is 0.457. The first kappa shape index (κ1) is 21.6. The Labute approximate surface area is 172 Å². The van der Waals surface area contributed by atoms with Crippen molar-refractivity contribution in [3.05, 3.63) is 36.0 Å². The summed E-state index contributed by atoms with van der Waals surface area (Å²) in [6, 6.07) is 6.33. The maximum atomic E-state index is 13.3. The van der Waals surface area contributed by atoms with E-state index in [-0.39, 0.29) is 18.0 Å². The zero-order valence-corrected chi connectivity index (χ0v) is 17.8. The summed E-state index contributed by atoms with van der Waals surface area (Å²) in [4.78, 5) is 0.116. The number of ether oxygens (including phenoxy) is 2. The Morgan fingerprint density at radius 1 is 1.28 bits per heavy atom. The van der Waals surface area contributed by atoms with Gasteiger partial charge < -0.3 is 14.6 Å². The molecule has 1 aromatic heterocycles. The monoisotopic (exact) mass is 423 g/mol. The molecule has 1 saturated heterocycles. The van der Waals surface area contributed by atoms with Crippen LogP contribution in [-0.2, 0) is 27.9 Å². The number of anilines is 1. The van der Waals surface area contributed by atoms with Crippen LogP contribution in [0, 0.1) is 5.92 Å². The summed E-state index contributed by atoms with van der Waals surface area (Å²) in [5, 5.41) is 14.0. The lowest BCUT2D eigenvalue weighted by molar-refractivity contribution is 0.0494. The smallest absolute Gasteiger partial charge is 0.265 e. The van der Waals surface area contributed by atoms with Crippen LogP contribution >= 0.6 is 0 Å². The Bertz CT molecular complexity index is 907. The van der Waals surface area contributed by atoms with Crippen LogP contribution in [0.2, 0.25) is 0 Å². The van der Waals surface area contributed by atoms with Crippen LogP contribution < -0.4 is 9.04 Å². The molecule has 9 heteroatoms. The molecule has 0 atom stereocenters. The highest BCUT2D eigenvalue weighted by Gasteiger charge is 2.27. The van der Waals surface area contributed by atoms with E-state index >= 15 is 0 Å². The lowest BCUT2D eigenvalue weighted by Crippen LogP contribution is -2.32. The van der Waals surface area contributed by atoms with E-state index in [1.165, 1.54) is 16.4 Å². The molecule has 160 valence electrons. The van der Waals surface area contributed by atoms with Crippen molar-refractivity contribution in [3.8, 4) is 5.75 Å². The summed E-state index contributed by atoms with van der Waals surface area (Å²) in [6.07, 6.45) is 3.47. The standard InChI is InChI=1S/C20H29N3O5S/c1-3-22-20(7-10-21-22)23(4-2)29(25,26)18-5-6-19(17(13-18)14-24)28-15-16-8-11-27-12-9-16/h5-7,10,13,16,24H,3-4,8-9,11-12,14-15H2,1-2H3. The zero-order valence-electron chi connectivity index (χ0n) is 17.0. The van der Waals surface area contributed by atoms with Gasteiger partial charge in [-0.1, -0.05) is 0 Å². The third kappa shape index (κ3) is 4.73. The average Bonchev–Trinajstić information content (AvgIpc) is 3.21. The number of rotatable bonds is 9. The fraction of sp³-hybridized carbons (Fsp3) is 0.550. The van der Waals surface area contributed by atoms with E-state index in [4.69, 9.17) is 9.47 Å². The van der Waals surface area contributed by atoms with Gasteiger partial charge in [0.05, 0.1) is 24.3 Å². The van der Waals surface area contributed by atoms with E-state index in [0.29, 0.717) is 36.2 Å². The van der Waals surface area contributed by atoms with Crippen molar-refractivity contribution in [2.75, 3.05) is 30.7 Å². The summed E-state index contributed by atoms with van der Waals surface area (Å²) < 4.78 is 40.7. The minimum Gasteiger partial charge on any atom is -0.493 e. The van der Waals surface area contributed by atoms with Crippen molar-refractivity contribution in [2.24, 2.45) is 5.92 Å². The van der Waals surface area contributed by atoms with Gasteiger partial charge in [-0.05, 0) is 50.8 Å². The SMILES string of the molecule is CCN(c1ccnn1CC)S(=O)(=O)c1ccc(OCC2CCOCC2)c(CO)c1. The number of aromatic nitrogens is 2. The molecule has 1 aliphatic heterocycles. The van der Waals surface area contributed by atoms with E-state index in [9.17, 15) is 13.5 Å². The van der Waals surface area contributed by atoms with E-state index in [1.54, 1.807) is 29.9 Å². The molecule has 2 heterocycles. The van der Waals surface area contributed by atoms with Gasteiger partial charge in [0.1, 0.15) is 11.6 Å². The first-order valence-corrected chi connectivity index (χ1v) is 11.4. The molecule has 3 rings (SSSR count). The van der Waals surface area contributed by atoms with Gasteiger partial charge in [-0.3, -0.25) is 4.31 Å². The minimum atomic E-state index is -3.80. The van der Waals surface area contributed by atoms with Crippen LogP contribution in [-0.4, -0.2) is 49.7 Å². The fourth-order valence-electron chi connectivity index (χ4n) is 3.46. The Kier molecular flexibility index (Phi) is 7.15. The molecule has 29 heavy (non-hydrogen) atoms. The van der Waals surface area contributed by atoms with Crippen LogP contribution in [0.5, 0.6) is 5.75 Å². The van der Waals surface area contributed by atoms with Crippen LogP contribution in [0.25, 0.3) is 0 Å². The van der Waals surface area contributed by atoms with Gasteiger partial charge in [-0.25, -0.2) is 13.1 Å². The second-order valence-corrected chi connectivity index (χ2v) is 8.83. The molecule has 0 unspecified atom stereocenters. The zero-order chi connectivity index (χ0) is 20.9. The topological polar surface area (TPSA) is 93.9 Å². The largest absolute Gasteiger partial charge is 0.493 e. The predicted molar refractivity (Wildman–Crippen MR) is 110 cm³/mol. The van der Waals surface area contributed by atoms with Crippen molar-refractivity contribution in [1.29, 1.82) is 0 Å². The molecule has 2 aromatic rings. The van der Waals surface area contributed by atoms with Crippen molar-refractivity contribution < 1.29 is 23.0 Å². The van der Waals surface area contributed by atoms with E-state index in [0.717, 1.165) is 26.1 Å². The molecule has 0 aliphatic carbocycles. The highest BCUT2D eigenvalue weighted by Crippen LogP contribution is 2.28. The molecule has 1 aromatic carbocycles. The Morgan fingerprint density at radius 2 is 2.03 bits per heavy atom. The van der Waals surface area contributed by atoms with E-state index < -0.39 is 10.0 Å². The molecule has 1 aliphatic rings. The third-order valence-electron chi connectivity index (χ3n) is 5.14. The molecular formula is C20H29N3O5S. The quantitative estimate of drug-likeness (QED) is 0.666. The number of aliphatic hydroxyl groups is 1. The van der Waals surface area contributed by atoms with Gasteiger partial charge in [0.15, 0.2) is 0 Å². The minimum absolute atomic E-state index is 0.116. The van der Waals surface area contributed by atoms with Crippen LogP contribution in [0.15, 0.2) is 35.4 Å². The molecule has 1 N–H and O–H groups in total. The maximum Gasteiger partial charge on any atom is 0.265 e. The number of sulfonamides is 1. The molecular weight excluding hydrogens is 394 g/mol. The molecule has 1 fully saturated rings. The number of aryl methyl sites for hydroxylation is 1. The summed E-state index contributed by atoms with van der Waals surface area (Å²) in [7, 11) is -3.80. The van der Waals surface area contributed by atoms with E-state index in [1.807, 2.05) is 6.92 Å². The maximum absolute atomic E-state index is 13.3. The number of nitrogens with zero attached hydrogens (tertiary/aromatic N) is 3. The van der Waals surface area contributed by atoms with Crippen LogP contribution in [0.1, 0.15) is 32.3 Å². The van der Waals surface area contributed by atoms with Crippen LogP contribution in [0.4, 0.5) is 5.82 Å². The van der Waals surface area contributed by atoms with Gasteiger partial charge in [0.2, 0.25) is 0 Å². The molecule has 0 saturated carbocycles. The van der Waals surface area contributed by atoms with Gasteiger partial charge in [0, 0.05) is 37.9 Å². The van der Waals surface area contributed by atoms with Crippen molar-refractivity contribution in [2.45, 2.75) is 44.7 Å². The average molecular weight is 424 g/mol. The molecule has 0 radical (unpaired) electrons. The Hall–Kier alpha value is -2.10. The number of benzene rings is 1. The highest BCUT2D eigenvalue weighted by molar-refractivity contribution is 7.92. The van der Waals surface area contributed by atoms with Gasteiger partial charge in [-0.15, -0.1) is 0 Å². The fourth-order valence-corrected chi connectivity index (χ4v) is 4.99. The summed E-state index contributed by atoms with van der Waals surface area (Å²) in [5.74, 6) is 1.43. The van der Waals surface area contributed by atoms with Gasteiger partial charge in [-0.2, -0.15) is 5.10 Å². The predicted octanol–water partition coefficient (Wildman–Crippen LogP) is 2.42. The first-order valence-electron chi connectivity index (χ1n) is 10.00. The summed E-state index contributed by atoms with van der Waals surface area (Å²) in [6.45, 7) is 6.22. The van der Waals surface area contributed by atoms with Crippen molar-refractivity contribution in [3.63, 3.8) is 0 Å². The Morgan fingerprint density at radius 3 is 2.69 bits per heavy atom. The molecule has 8 nitrogen and oxygen atoms in total.